The molecule has 2 aliphatic rings. The van der Waals surface area contributed by atoms with Crippen molar-refractivity contribution in [2.45, 2.75) is 25.4 Å². The summed E-state index contributed by atoms with van der Waals surface area (Å²) in [5, 5.41) is 10.1. The van der Waals surface area contributed by atoms with Crippen molar-refractivity contribution in [2.75, 3.05) is 9.91 Å². The molecule has 0 saturated carbocycles. The fourth-order valence-corrected chi connectivity index (χ4v) is 3.23. The molecule has 2 atom stereocenters. The van der Waals surface area contributed by atoms with Crippen LogP contribution in [0.15, 0.2) is 58.9 Å². The van der Waals surface area contributed by atoms with E-state index in [1.54, 1.807) is 36.4 Å². The lowest BCUT2D eigenvalue weighted by atomic mass is 10.1. The van der Waals surface area contributed by atoms with E-state index in [0.29, 0.717) is 16.4 Å². The molecule has 0 aliphatic carbocycles. The van der Waals surface area contributed by atoms with Gasteiger partial charge in [-0.15, -0.1) is 0 Å². The van der Waals surface area contributed by atoms with E-state index >= 15 is 0 Å². The molecule has 126 valence electrons. The molecule has 25 heavy (non-hydrogen) atoms. The van der Waals surface area contributed by atoms with Crippen molar-refractivity contribution in [2.24, 2.45) is 10.3 Å². The molecular formula is C18H15ClN4O2. The van der Waals surface area contributed by atoms with E-state index in [4.69, 9.17) is 11.6 Å². The van der Waals surface area contributed by atoms with E-state index in [1.807, 2.05) is 12.1 Å². The highest BCUT2D eigenvalue weighted by atomic mass is 35.5. The van der Waals surface area contributed by atoms with Crippen LogP contribution in [0.1, 0.15) is 12.5 Å². The van der Waals surface area contributed by atoms with Gasteiger partial charge in [0.05, 0.1) is 11.4 Å². The molecule has 2 aromatic rings. The maximum absolute atomic E-state index is 12.9. The van der Waals surface area contributed by atoms with Gasteiger partial charge in [-0.3, -0.25) is 9.59 Å². The van der Waals surface area contributed by atoms with Crippen molar-refractivity contribution < 1.29 is 9.59 Å². The van der Waals surface area contributed by atoms with E-state index < -0.39 is 12.1 Å². The summed E-state index contributed by atoms with van der Waals surface area (Å²) in [5.74, 6) is -0.668. The lowest BCUT2D eigenvalue weighted by Crippen LogP contribution is -2.39. The van der Waals surface area contributed by atoms with Gasteiger partial charge < -0.3 is 0 Å². The van der Waals surface area contributed by atoms with Crippen molar-refractivity contribution >= 4 is 34.8 Å². The highest BCUT2D eigenvalue weighted by molar-refractivity contribution is 6.30. The minimum absolute atomic E-state index is 0.320. The number of imide groups is 1. The van der Waals surface area contributed by atoms with Crippen molar-refractivity contribution in [3.63, 3.8) is 0 Å². The zero-order valence-corrected chi connectivity index (χ0v) is 14.2. The van der Waals surface area contributed by atoms with E-state index in [1.165, 1.54) is 9.91 Å². The van der Waals surface area contributed by atoms with Crippen LogP contribution in [0.3, 0.4) is 0 Å². The largest absolute Gasteiger partial charge is 0.271 e. The zero-order valence-electron chi connectivity index (χ0n) is 13.5. The maximum Gasteiger partial charge on any atom is 0.263 e. The Hall–Kier alpha value is -2.73. The van der Waals surface area contributed by atoms with Gasteiger partial charge in [-0.25, -0.2) is 9.91 Å². The molecule has 0 bridgehead atoms. The number of anilines is 2. The van der Waals surface area contributed by atoms with Crippen molar-refractivity contribution in [1.29, 1.82) is 0 Å². The number of fused-ring (bicyclic) bond motifs is 1. The predicted molar refractivity (Wildman–Crippen MR) is 94.7 cm³/mol. The summed E-state index contributed by atoms with van der Waals surface area (Å²) in [4.78, 5) is 26.8. The minimum atomic E-state index is -0.811. The van der Waals surface area contributed by atoms with Crippen molar-refractivity contribution in [1.82, 2.24) is 0 Å². The van der Waals surface area contributed by atoms with E-state index in [9.17, 15) is 9.59 Å². The second-order valence-corrected chi connectivity index (χ2v) is 6.38. The van der Waals surface area contributed by atoms with Crippen LogP contribution in [0, 0.1) is 0 Å². The third-order valence-corrected chi connectivity index (χ3v) is 4.73. The molecule has 2 aliphatic heterocycles. The number of hydrogen-bond donors (Lipinski definition) is 0. The Labute approximate surface area is 149 Å². The normalized spacial score (nSPS) is 22.0. The molecule has 4 rings (SSSR count). The van der Waals surface area contributed by atoms with Gasteiger partial charge in [0.2, 0.25) is 0 Å². The smallest absolute Gasteiger partial charge is 0.263 e. The first-order chi connectivity index (χ1) is 12.1. The first-order valence-electron chi connectivity index (χ1n) is 8.02. The van der Waals surface area contributed by atoms with Crippen molar-refractivity contribution in [3.8, 4) is 0 Å². The van der Waals surface area contributed by atoms with Gasteiger partial charge in [0.25, 0.3) is 11.8 Å². The fourth-order valence-electron chi connectivity index (χ4n) is 3.10. The summed E-state index contributed by atoms with van der Waals surface area (Å²) < 4.78 is 0. The Balaban J connectivity index is 1.66. The topological polar surface area (TPSA) is 65.3 Å². The van der Waals surface area contributed by atoms with Crippen LogP contribution in [-0.4, -0.2) is 23.9 Å². The molecule has 1 fully saturated rings. The number of carbonyl (C=O) groups is 2. The molecule has 0 aromatic heterocycles. The summed E-state index contributed by atoms with van der Waals surface area (Å²) in [6, 6.07) is 12.8. The van der Waals surface area contributed by atoms with Crippen LogP contribution in [0.25, 0.3) is 0 Å². The average molecular weight is 355 g/mol. The minimum Gasteiger partial charge on any atom is -0.271 e. The molecule has 7 heteroatoms. The van der Waals surface area contributed by atoms with Gasteiger partial charge in [0, 0.05) is 5.02 Å². The molecule has 0 N–H and O–H groups in total. The van der Waals surface area contributed by atoms with E-state index in [2.05, 4.69) is 17.3 Å². The molecule has 2 heterocycles. The lowest BCUT2D eigenvalue weighted by molar-refractivity contribution is -0.121. The third-order valence-electron chi connectivity index (χ3n) is 4.48. The maximum atomic E-state index is 12.9. The first-order valence-corrected chi connectivity index (χ1v) is 8.40. The molecule has 2 aromatic carbocycles. The van der Waals surface area contributed by atoms with Gasteiger partial charge in [0.1, 0.15) is 0 Å². The quantitative estimate of drug-likeness (QED) is 0.793. The number of hydrogen-bond acceptors (Lipinski definition) is 5. The summed E-state index contributed by atoms with van der Waals surface area (Å²) in [6.45, 7) is 2.05. The highest BCUT2D eigenvalue weighted by Gasteiger charge is 2.55. The number of amides is 2. The van der Waals surface area contributed by atoms with Gasteiger partial charge in [-0.05, 0) is 48.4 Å². The van der Waals surface area contributed by atoms with Crippen LogP contribution >= 0.6 is 11.6 Å². The molecule has 1 saturated heterocycles. The van der Waals surface area contributed by atoms with E-state index in [0.717, 1.165) is 12.0 Å². The number of halogens is 1. The Morgan fingerprint density at radius 3 is 2.24 bits per heavy atom. The zero-order chi connectivity index (χ0) is 17.6. The molecule has 0 unspecified atom stereocenters. The number of benzene rings is 2. The Kier molecular flexibility index (Phi) is 3.77. The lowest BCUT2D eigenvalue weighted by Gasteiger charge is -2.20. The second kappa shape index (κ2) is 5.97. The van der Waals surface area contributed by atoms with Crippen LogP contribution in [0.2, 0.25) is 5.02 Å². The number of aryl methyl sites for hydroxylation is 1. The van der Waals surface area contributed by atoms with Gasteiger partial charge in [0.15, 0.2) is 12.1 Å². The van der Waals surface area contributed by atoms with Gasteiger partial charge in [-0.1, -0.05) is 35.9 Å². The first kappa shape index (κ1) is 15.8. The molecule has 0 radical (unpaired) electrons. The van der Waals surface area contributed by atoms with Crippen LogP contribution in [0.4, 0.5) is 11.4 Å². The highest BCUT2D eigenvalue weighted by Crippen LogP contribution is 2.35. The fraction of sp³-hybridized carbons (Fsp3) is 0.222. The summed E-state index contributed by atoms with van der Waals surface area (Å²) in [6.07, 6.45) is 0.895. The van der Waals surface area contributed by atoms with Crippen LogP contribution in [-0.2, 0) is 16.0 Å². The average Bonchev–Trinajstić information content (AvgIpc) is 3.17. The second-order valence-electron chi connectivity index (χ2n) is 5.95. The SMILES string of the molecule is CCc1ccc(N2C(=O)[C@H]3N=NN(c4ccc(Cl)cc4)[C@H]3C2=O)cc1. The third kappa shape index (κ3) is 2.49. The van der Waals surface area contributed by atoms with Crippen molar-refractivity contribution in [3.05, 3.63) is 59.1 Å². The predicted octanol–water partition coefficient (Wildman–Crippen LogP) is 3.40. The van der Waals surface area contributed by atoms with Gasteiger partial charge in [-0.2, -0.15) is 5.11 Å². The monoisotopic (exact) mass is 354 g/mol. The Bertz CT molecular complexity index is 864. The standard InChI is InChI=1S/C18H15ClN4O2/c1-2-11-3-7-13(8-4-11)22-17(24)15-16(18(22)25)23(21-20-15)14-9-5-12(19)6-10-14/h3-10,15-16H,2H2,1H3/t15-,16+/m0/s1. The number of carbonyl (C=O) groups excluding carboxylic acids is 2. The summed E-state index contributed by atoms with van der Waals surface area (Å²) in [5.41, 5.74) is 2.38. The van der Waals surface area contributed by atoms with E-state index in [-0.39, 0.29) is 11.8 Å². The summed E-state index contributed by atoms with van der Waals surface area (Å²) in [7, 11) is 0. The molecule has 6 nitrogen and oxygen atoms in total. The number of nitrogens with zero attached hydrogens (tertiary/aromatic N) is 4. The summed E-state index contributed by atoms with van der Waals surface area (Å²) >= 11 is 5.91. The number of rotatable bonds is 3. The molecule has 2 amide bonds. The van der Waals surface area contributed by atoms with Crippen LogP contribution < -0.4 is 9.91 Å². The van der Waals surface area contributed by atoms with Crippen LogP contribution in [0.5, 0.6) is 0 Å². The van der Waals surface area contributed by atoms with Gasteiger partial charge >= 0.3 is 0 Å². The molecular weight excluding hydrogens is 340 g/mol. The Morgan fingerprint density at radius 1 is 0.960 bits per heavy atom. The molecule has 0 spiro atoms. The Morgan fingerprint density at radius 2 is 1.60 bits per heavy atom.